The van der Waals surface area contributed by atoms with E-state index in [1.165, 1.54) is 0 Å². The fourth-order valence-electron chi connectivity index (χ4n) is 7.85. The Morgan fingerprint density at radius 2 is 1.06 bits per heavy atom. The molecule has 0 amide bonds. The Labute approximate surface area is 212 Å². The molecular formula is C28H54O4Si2. The summed E-state index contributed by atoms with van der Waals surface area (Å²) >= 11 is 0. The molecule has 0 aliphatic heterocycles. The molecule has 0 saturated heterocycles. The van der Waals surface area contributed by atoms with Crippen LogP contribution in [0.1, 0.15) is 107 Å². The maximum atomic E-state index is 13.4. The third kappa shape index (κ3) is 5.12. The van der Waals surface area contributed by atoms with E-state index in [4.69, 9.17) is 13.6 Å². The average molecular weight is 511 g/mol. The minimum atomic E-state index is -1.82. The standard InChI is InChI=1S/C28H54O4Si2/c1-10-25(8,9)24(29)30-26-17-23-18-27(20-26,31-33(11-2,12-3)13-4)22-28(19-23,21-26)32-34(14-5,15-6)16-7/h23H,10-22H2,1-9H3. The molecule has 0 N–H and O–H groups in total. The van der Waals surface area contributed by atoms with Crippen molar-refractivity contribution in [3.63, 3.8) is 0 Å². The Balaban J connectivity index is 2.04. The van der Waals surface area contributed by atoms with Crippen molar-refractivity contribution in [2.45, 2.75) is 160 Å². The second-order valence-electron chi connectivity index (χ2n) is 12.9. The molecule has 0 spiro atoms. The number of carbonyl (C=O) groups excluding carboxylic acids is 1. The molecule has 0 aromatic carbocycles. The van der Waals surface area contributed by atoms with Gasteiger partial charge in [0.15, 0.2) is 16.6 Å². The van der Waals surface area contributed by atoms with Crippen molar-refractivity contribution in [1.82, 2.24) is 0 Å². The average Bonchev–Trinajstić information content (AvgIpc) is 2.80. The minimum Gasteiger partial charge on any atom is -0.458 e. The van der Waals surface area contributed by atoms with Gasteiger partial charge in [-0.2, -0.15) is 0 Å². The highest BCUT2D eigenvalue weighted by atomic mass is 28.4. The number of rotatable bonds is 13. The lowest BCUT2D eigenvalue weighted by Gasteiger charge is -2.67. The summed E-state index contributed by atoms with van der Waals surface area (Å²) in [6.45, 7) is 20.1. The third-order valence-electron chi connectivity index (χ3n) is 10.4. The summed E-state index contributed by atoms with van der Waals surface area (Å²) in [7, 11) is -3.64. The SMILES string of the molecule is CCC(C)(C)C(=O)OC12CC3CC(O[Si](CC)(CC)CC)(C1)CC(O[Si](CC)(CC)CC)(C3)C2. The lowest BCUT2D eigenvalue weighted by atomic mass is 9.50. The van der Waals surface area contributed by atoms with Crippen LogP contribution < -0.4 is 0 Å². The predicted molar refractivity (Wildman–Crippen MR) is 146 cm³/mol. The monoisotopic (exact) mass is 510 g/mol. The number of ether oxygens (including phenoxy) is 1. The molecule has 0 radical (unpaired) electrons. The van der Waals surface area contributed by atoms with Gasteiger partial charge < -0.3 is 13.6 Å². The van der Waals surface area contributed by atoms with Gasteiger partial charge in [0.1, 0.15) is 5.60 Å². The van der Waals surface area contributed by atoms with E-state index in [9.17, 15) is 4.79 Å². The summed E-state index contributed by atoms with van der Waals surface area (Å²) < 4.78 is 21.5. The van der Waals surface area contributed by atoms with Crippen LogP contribution >= 0.6 is 0 Å². The molecule has 0 heterocycles. The first-order valence-corrected chi connectivity index (χ1v) is 19.6. The van der Waals surface area contributed by atoms with Crippen LogP contribution in [0.5, 0.6) is 0 Å². The van der Waals surface area contributed by atoms with Crippen LogP contribution in [0.2, 0.25) is 36.3 Å². The van der Waals surface area contributed by atoms with Gasteiger partial charge in [0.2, 0.25) is 0 Å². The molecule has 34 heavy (non-hydrogen) atoms. The molecule has 4 fully saturated rings. The molecule has 4 aliphatic rings. The van der Waals surface area contributed by atoms with E-state index in [1.54, 1.807) is 0 Å². The van der Waals surface area contributed by atoms with Crippen molar-refractivity contribution in [1.29, 1.82) is 0 Å². The van der Waals surface area contributed by atoms with Crippen molar-refractivity contribution in [2.24, 2.45) is 11.3 Å². The van der Waals surface area contributed by atoms with Crippen LogP contribution in [0.3, 0.4) is 0 Å². The maximum Gasteiger partial charge on any atom is 0.312 e. The number of carbonyl (C=O) groups is 1. The normalized spacial score (nSPS) is 33.4. The summed E-state index contributed by atoms with van der Waals surface area (Å²) in [5, 5.41) is 0. The Morgan fingerprint density at radius 1 is 0.706 bits per heavy atom. The number of hydrogen-bond acceptors (Lipinski definition) is 4. The summed E-state index contributed by atoms with van der Waals surface area (Å²) in [5.74, 6) is 0.501. The molecule has 2 atom stereocenters. The molecule has 0 aromatic heterocycles. The zero-order valence-corrected chi connectivity index (χ0v) is 25.9. The van der Waals surface area contributed by atoms with Gasteiger partial charge in [-0.05, 0) is 81.7 Å². The fraction of sp³-hybridized carbons (Fsp3) is 0.964. The lowest BCUT2D eigenvalue weighted by Crippen LogP contribution is -2.71. The number of esters is 1. The predicted octanol–water partition coefficient (Wildman–Crippen LogP) is 8.22. The second kappa shape index (κ2) is 9.94. The van der Waals surface area contributed by atoms with E-state index in [2.05, 4.69) is 48.5 Å². The summed E-state index contributed by atoms with van der Waals surface area (Å²) in [6, 6.07) is 6.96. The van der Waals surface area contributed by atoms with Crippen LogP contribution in [-0.4, -0.2) is 39.4 Å². The van der Waals surface area contributed by atoms with Gasteiger partial charge in [-0.1, -0.05) is 48.5 Å². The lowest BCUT2D eigenvalue weighted by molar-refractivity contribution is -0.256. The van der Waals surface area contributed by atoms with Crippen molar-refractivity contribution >= 4 is 22.6 Å². The highest BCUT2D eigenvalue weighted by Crippen LogP contribution is 2.64. The highest BCUT2D eigenvalue weighted by molar-refractivity contribution is 6.74. The third-order valence-corrected chi connectivity index (χ3v) is 19.9. The van der Waals surface area contributed by atoms with E-state index in [0.717, 1.165) is 81.2 Å². The Bertz CT molecular complexity index is 673. The van der Waals surface area contributed by atoms with Gasteiger partial charge in [-0.3, -0.25) is 4.79 Å². The van der Waals surface area contributed by atoms with Gasteiger partial charge >= 0.3 is 5.97 Å². The van der Waals surface area contributed by atoms with Crippen LogP contribution in [0, 0.1) is 11.3 Å². The summed E-state index contributed by atoms with van der Waals surface area (Å²) in [5.41, 5.74) is -1.23. The molecule has 4 aliphatic carbocycles. The first kappa shape index (κ1) is 28.4. The molecule has 4 nitrogen and oxygen atoms in total. The van der Waals surface area contributed by atoms with Gasteiger partial charge in [-0.15, -0.1) is 0 Å². The van der Waals surface area contributed by atoms with Gasteiger partial charge in [0.25, 0.3) is 0 Å². The minimum absolute atomic E-state index is 0.0304. The van der Waals surface area contributed by atoms with Crippen LogP contribution in [0.15, 0.2) is 0 Å². The van der Waals surface area contributed by atoms with Gasteiger partial charge in [-0.25, -0.2) is 0 Å². The van der Waals surface area contributed by atoms with E-state index < -0.39 is 27.7 Å². The molecule has 4 saturated carbocycles. The quantitative estimate of drug-likeness (QED) is 0.185. The van der Waals surface area contributed by atoms with Crippen molar-refractivity contribution < 1.29 is 18.4 Å². The molecule has 0 aromatic rings. The van der Waals surface area contributed by atoms with Crippen molar-refractivity contribution in [3.8, 4) is 0 Å². The van der Waals surface area contributed by atoms with E-state index in [-0.39, 0.29) is 17.2 Å². The fourth-order valence-corrected chi connectivity index (χ4v) is 14.0. The second-order valence-corrected chi connectivity index (χ2v) is 22.3. The topological polar surface area (TPSA) is 44.8 Å². The molecular weight excluding hydrogens is 456 g/mol. The first-order valence-electron chi connectivity index (χ1n) is 14.5. The van der Waals surface area contributed by atoms with Gasteiger partial charge in [0, 0.05) is 19.3 Å². The zero-order valence-electron chi connectivity index (χ0n) is 23.9. The molecule has 6 heteroatoms. The summed E-state index contributed by atoms with van der Waals surface area (Å²) in [4.78, 5) is 13.4. The molecule has 198 valence electrons. The first-order chi connectivity index (χ1) is 15.9. The van der Waals surface area contributed by atoms with Crippen LogP contribution in [-0.2, 0) is 18.4 Å². The van der Waals surface area contributed by atoms with Crippen LogP contribution in [0.4, 0.5) is 0 Å². The number of hydrogen-bond donors (Lipinski definition) is 0. The van der Waals surface area contributed by atoms with E-state index in [0.29, 0.717) is 5.92 Å². The highest BCUT2D eigenvalue weighted by Gasteiger charge is 2.68. The summed E-state index contributed by atoms with van der Waals surface area (Å²) in [6.07, 6.45) is 6.80. The molecule has 4 bridgehead atoms. The smallest absolute Gasteiger partial charge is 0.312 e. The molecule has 2 unspecified atom stereocenters. The van der Waals surface area contributed by atoms with E-state index >= 15 is 0 Å². The van der Waals surface area contributed by atoms with E-state index in [1.807, 2.05) is 13.8 Å². The molecule has 4 rings (SSSR count). The van der Waals surface area contributed by atoms with Crippen molar-refractivity contribution in [2.75, 3.05) is 0 Å². The Hall–Kier alpha value is -0.176. The maximum absolute atomic E-state index is 13.4. The largest absolute Gasteiger partial charge is 0.458 e. The van der Waals surface area contributed by atoms with Crippen LogP contribution in [0.25, 0.3) is 0 Å². The Morgan fingerprint density at radius 3 is 1.41 bits per heavy atom. The van der Waals surface area contributed by atoms with Crippen molar-refractivity contribution in [3.05, 3.63) is 0 Å². The van der Waals surface area contributed by atoms with Gasteiger partial charge in [0.05, 0.1) is 16.6 Å². The Kier molecular flexibility index (Phi) is 8.30. The zero-order chi connectivity index (χ0) is 25.5.